The molecule has 0 bridgehead atoms. The number of carbonyl (C=O) groups excluding carboxylic acids is 2. The van der Waals surface area contributed by atoms with Crippen LogP contribution in [0.25, 0.3) is 0 Å². The summed E-state index contributed by atoms with van der Waals surface area (Å²) in [6.07, 6.45) is 3.53. The molecule has 1 aromatic heterocycles. The molecule has 2 aliphatic rings. The quantitative estimate of drug-likeness (QED) is 0.764. The van der Waals surface area contributed by atoms with Crippen molar-refractivity contribution in [2.45, 2.75) is 50.9 Å². The molecule has 2 heterocycles. The molecule has 0 saturated heterocycles. The van der Waals surface area contributed by atoms with E-state index < -0.39 is 5.91 Å². The number of amides is 2. The van der Waals surface area contributed by atoms with Crippen molar-refractivity contribution in [3.8, 4) is 11.9 Å². The Morgan fingerprint density at radius 3 is 2.77 bits per heavy atom. The van der Waals surface area contributed by atoms with Crippen molar-refractivity contribution in [3.05, 3.63) is 58.3 Å². The summed E-state index contributed by atoms with van der Waals surface area (Å²) in [4.78, 5) is 28.9. The van der Waals surface area contributed by atoms with Gasteiger partial charge in [-0.3, -0.25) is 9.59 Å². The lowest BCUT2D eigenvalue weighted by Crippen LogP contribution is -2.40. The van der Waals surface area contributed by atoms with Crippen molar-refractivity contribution in [2.75, 3.05) is 6.61 Å². The third-order valence-electron chi connectivity index (χ3n) is 5.70. The second kappa shape index (κ2) is 9.14. The Bertz CT molecular complexity index is 1040. The zero-order valence-corrected chi connectivity index (χ0v) is 17.1. The third kappa shape index (κ3) is 4.84. The van der Waals surface area contributed by atoms with Crippen LogP contribution in [0.4, 0.5) is 0 Å². The van der Waals surface area contributed by atoms with Crippen LogP contribution in [0, 0.1) is 11.3 Å². The Morgan fingerprint density at radius 1 is 1.23 bits per heavy atom. The normalized spacial score (nSPS) is 20.2. The van der Waals surface area contributed by atoms with E-state index in [-0.39, 0.29) is 29.5 Å². The Morgan fingerprint density at radius 2 is 2.03 bits per heavy atom. The first kappa shape index (κ1) is 20.8. The number of nitrogens with zero attached hydrogens (tertiary/aromatic N) is 2. The highest BCUT2D eigenvalue weighted by Crippen LogP contribution is 2.28. The maximum atomic E-state index is 12.5. The fourth-order valence-corrected chi connectivity index (χ4v) is 4.01. The van der Waals surface area contributed by atoms with Crippen LogP contribution in [0.15, 0.2) is 30.3 Å². The van der Waals surface area contributed by atoms with Gasteiger partial charge in [-0.25, -0.2) is 4.98 Å². The molecule has 1 saturated carbocycles. The fourth-order valence-electron chi connectivity index (χ4n) is 4.01. The van der Waals surface area contributed by atoms with E-state index in [9.17, 15) is 9.59 Å². The van der Waals surface area contributed by atoms with E-state index in [1.165, 1.54) is 0 Å². The first-order valence-electron chi connectivity index (χ1n) is 10.4. The minimum absolute atomic E-state index is 0.0299. The zero-order chi connectivity index (χ0) is 21.8. The summed E-state index contributed by atoms with van der Waals surface area (Å²) in [7, 11) is 0. The van der Waals surface area contributed by atoms with Gasteiger partial charge in [0.25, 0.3) is 11.8 Å². The molecule has 31 heavy (non-hydrogen) atoms. The molecule has 2 aromatic rings. The van der Waals surface area contributed by atoms with Crippen molar-refractivity contribution in [1.29, 1.82) is 5.26 Å². The van der Waals surface area contributed by atoms with Crippen molar-refractivity contribution in [3.63, 3.8) is 0 Å². The van der Waals surface area contributed by atoms with E-state index in [0.29, 0.717) is 30.8 Å². The highest BCUT2D eigenvalue weighted by Gasteiger charge is 2.27. The van der Waals surface area contributed by atoms with Crippen molar-refractivity contribution < 1.29 is 19.1 Å². The van der Waals surface area contributed by atoms with Gasteiger partial charge >= 0.3 is 0 Å². The minimum atomic E-state index is -0.573. The molecule has 160 valence electrons. The molecule has 1 aromatic carbocycles. The molecule has 0 radical (unpaired) electrons. The third-order valence-corrected chi connectivity index (χ3v) is 5.70. The zero-order valence-electron chi connectivity index (χ0n) is 17.1. The van der Waals surface area contributed by atoms with Crippen LogP contribution < -0.4 is 15.8 Å². The van der Waals surface area contributed by atoms with E-state index in [1.807, 2.05) is 6.07 Å². The van der Waals surface area contributed by atoms with Crippen LogP contribution in [0.2, 0.25) is 0 Å². The van der Waals surface area contributed by atoms with Crippen LogP contribution in [0.3, 0.4) is 0 Å². The fraction of sp³-hybridized carbons (Fsp3) is 0.391. The SMILES string of the molecule is N#Cc1cccc(C(=O)N[C@H]2CC[C@H](Oc3nc4c(cc3C(N)=O)COCC4)CC2)c1. The summed E-state index contributed by atoms with van der Waals surface area (Å²) < 4.78 is 11.5. The van der Waals surface area contributed by atoms with Gasteiger partial charge in [0.1, 0.15) is 11.7 Å². The standard InChI is InChI=1S/C23H24N4O4/c24-12-14-2-1-3-15(10-14)22(29)26-17-4-6-18(7-5-17)31-23-19(21(25)28)11-16-13-30-9-8-20(16)27-23/h1-3,10-11,17-18H,4-9,13H2,(H2,25,28)(H,26,29)/t17-,18-. The van der Waals surface area contributed by atoms with Crippen LogP contribution in [-0.2, 0) is 17.8 Å². The molecule has 1 aliphatic heterocycles. The summed E-state index contributed by atoms with van der Waals surface area (Å²) in [6, 6.07) is 10.4. The van der Waals surface area contributed by atoms with Gasteiger partial charge in [0.2, 0.25) is 5.88 Å². The number of fused-ring (bicyclic) bond motifs is 1. The van der Waals surface area contributed by atoms with Gasteiger partial charge in [0, 0.05) is 23.6 Å². The molecular weight excluding hydrogens is 396 g/mol. The first-order valence-corrected chi connectivity index (χ1v) is 10.4. The Balaban J connectivity index is 1.37. The molecule has 4 rings (SSSR count). The van der Waals surface area contributed by atoms with E-state index in [4.69, 9.17) is 20.5 Å². The number of nitriles is 1. The minimum Gasteiger partial charge on any atom is -0.474 e. The van der Waals surface area contributed by atoms with Crippen molar-refractivity contribution >= 4 is 11.8 Å². The molecule has 1 fully saturated rings. The van der Waals surface area contributed by atoms with Gasteiger partial charge in [0.15, 0.2) is 0 Å². The summed E-state index contributed by atoms with van der Waals surface area (Å²) in [5.74, 6) is -0.471. The van der Waals surface area contributed by atoms with Gasteiger partial charge in [-0.1, -0.05) is 6.07 Å². The van der Waals surface area contributed by atoms with Crippen LogP contribution in [-0.4, -0.2) is 35.6 Å². The van der Waals surface area contributed by atoms with E-state index in [0.717, 1.165) is 36.9 Å². The number of primary amides is 1. The molecule has 0 atom stereocenters. The Hall–Kier alpha value is -3.44. The van der Waals surface area contributed by atoms with Crippen molar-refractivity contribution in [1.82, 2.24) is 10.3 Å². The average Bonchev–Trinajstić information content (AvgIpc) is 2.79. The number of aromatic nitrogens is 1. The molecule has 1 aliphatic carbocycles. The maximum Gasteiger partial charge on any atom is 0.254 e. The van der Waals surface area contributed by atoms with Gasteiger partial charge in [-0.05, 0) is 49.9 Å². The number of pyridine rings is 1. The smallest absolute Gasteiger partial charge is 0.254 e. The topological polar surface area (TPSA) is 127 Å². The lowest BCUT2D eigenvalue weighted by Gasteiger charge is -2.30. The molecule has 0 spiro atoms. The lowest BCUT2D eigenvalue weighted by atomic mass is 9.92. The maximum absolute atomic E-state index is 12.5. The first-order chi connectivity index (χ1) is 15.0. The molecule has 8 nitrogen and oxygen atoms in total. The predicted octanol–water partition coefficient (Wildman–Crippen LogP) is 2.24. The average molecular weight is 420 g/mol. The molecule has 3 N–H and O–H groups in total. The van der Waals surface area contributed by atoms with Crippen LogP contribution >= 0.6 is 0 Å². The van der Waals surface area contributed by atoms with E-state index in [1.54, 1.807) is 30.3 Å². The summed E-state index contributed by atoms with van der Waals surface area (Å²) in [5.41, 5.74) is 8.50. The predicted molar refractivity (Wildman–Crippen MR) is 111 cm³/mol. The number of hydrogen-bond donors (Lipinski definition) is 2. The number of hydrogen-bond acceptors (Lipinski definition) is 6. The molecule has 0 unspecified atom stereocenters. The lowest BCUT2D eigenvalue weighted by molar-refractivity contribution is 0.0875. The monoisotopic (exact) mass is 420 g/mol. The van der Waals surface area contributed by atoms with E-state index in [2.05, 4.69) is 10.3 Å². The Kier molecular flexibility index (Phi) is 6.14. The second-order valence-corrected chi connectivity index (χ2v) is 7.87. The summed E-state index contributed by atoms with van der Waals surface area (Å²) >= 11 is 0. The van der Waals surface area contributed by atoms with Gasteiger partial charge in [-0.2, -0.15) is 5.26 Å². The molecule has 8 heteroatoms. The van der Waals surface area contributed by atoms with Gasteiger partial charge < -0.3 is 20.5 Å². The Labute approximate surface area is 180 Å². The number of nitrogens with two attached hydrogens (primary N) is 1. The summed E-state index contributed by atoms with van der Waals surface area (Å²) in [5, 5.41) is 12.0. The number of carbonyl (C=O) groups is 2. The van der Waals surface area contributed by atoms with E-state index >= 15 is 0 Å². The molecular formula is C23H24N4O4. The number of ether oxygens (including phenoxy) is 2. The molecule has 2 amide bonds. The summed E-state index contributed by atoms with van der Waals surface area (Å²) in [6.45, 7) is 1.02. The van der Waals surface area contributed by atoms with Crippen molar-refractivity contribution in [2.24, 2.45) is 5.73 Å². The number of rotatable bonds is 5. The largest absolute Gasteiger partial charge is 0.474 e. The van der Waals surface area contributed by atoms with Gasteiger partial charge in [-0.15, -0.1) is 0 Å². The number of nitrogens with one attached hydrogen (secondary N) is 1. The highest BCUT2D eigenvalue weighted by atomic mass is 16.5. The second-order valence-electron chi connectivity index (χ2n) is 7.87. The van der Waals surface area contributed by atoms with Gasteiger partial charge in [0.05, 0.1) is 30.5 Å². The van der Waals surface area contributed by atoms with Crippen LogP contribution in [0.5, 0.6) is 5.88 Å². The van der Waals surface area contributed by atoms with Crippen LogP contribution in [0.1, 0.15) is 63.2 Å². The highest BCUT2D eigenvalue weighted by molar-refractivity contribution is 5.95. The number of benzene rings is 1.